The molecule has 1 N–H and O–H groups in total. The van der Waals surface area contributed by atoms with Gasteiger partial charge in [0.1, 0.15) is 13.2 Å². The second-order valence-corrected chi connectivity index (χ2v) is 9.32. The molecule has 0 bridgehead atoms. The van der Waals surface area contributed by atoms with Crippen molar-refractivity contribution >= 4 is 6.41 Å². The van der Waals surface area contributed by atoms with Crippen molar-refractivity contribution in [1.29, 1.82) is 0 Å². The van der Waals surface area contributed by atoms with E-state index < -0.39 is 29.4 Å². The van der Waals surface area contributed by atoms with Gasteiger partial charge in [-0.3, -0.25) is 4.79 Å². The molecule has 1 aromatic rings. The second kappa shape index (κ2) is 25.5. The number of nitrogens with zero attached hydrogens (tertiary/aromatic N) is 2. The van der Waals surface area contributed by atoms with Crippen LogP contribution in [-0.4, -0.2) is 35.8 Å². The molecule has 1 amide bonds. The van der Waals surface area contributed by atoms with Crippen LogP contribution < -0.4 is 5.32 Å². The number of nitrogens with one attached hydrogen (secondary N) is 1. The maximum absolute atomic E-state index is 9.94. The number of unbranched alkanes of at least 4 members (excludes halogenated alkanes) is 4. The molecule has 1 aromatic carbocycles. The minimum atomic E-state index is -1.08. The van der Waals surface area contributed by atoms with Gasteiger partial charge in [-0.25, -0.2) is 0 Å². The lowest BCUT2D eigenvalue weighted by molar-refractivity contribution is -0.766. The molecule has 0 saturated heterocycles. The number of benzene rings is 1. The van der Waals surface area contributed by atoms with Gasteiger partial charge in [0, 0.05) is 0 Å². The summed E-state index contributed by atoms with van der Waals surface area (Å²) in [4.78, 5) is 37.2. The smallest absolute Gasteiger partial charge is 0.294 e. The molecule has 38 heavy (non-hydrogen) atoms. The number of amides is 1. The van der Waals surface area contributed by atoms with E-state index in [1.165, 1.54) is 89.0 Å². The van der Waals surface area contributed by atoms with Crippen LogP contribution in [0.5, 0.6) is 0 Å². The topological polar surface area (TPSA) is 134 Å². The predicted molar refractivity (Wildman–Crippen MR) is 148 cm³/mol. The van der Waals surface area contributed by atoms with E-state index >= 15 is 0 Å². The molecular weight excluding hydrogens is 490 g/mol. The van der Waals surface area contributed by atoms with E-state index in [1.54, 1.807) is 0 Å². The fourth-order valence-corrected chi connectivity index (χ4v) is 4.09. The first-order valence-corrected chi connectivity index (χ1v) is 13.8. The van der Waals surface area contributed by atoms with Gasteiger partial charge in [0.2, 0.25) is 6.41 Å². The van der Waals surface area contributed by atoms with E-state index in [0.29, 0.717) is 0 Å². The second-order valence-electron chi connectivity index (χ2n) is 9.32. The normalized spacial score (nSPS) is 13.0. The third kappa shape index (κ3) is 23.2. The van der Waals surface area contributed by atoms with Crippen LogP contribution in [0, 0.1) is 26.1 Å². The Morgan fingerprint density at radius 2 is 1.61 bits per heavy atom. The van der Waals surface area contributed by atoms with Crippen molar-refractivity contribution in [2.24, 2.45) is 5.92 Å². The van der Waals surface area contributed by atoms with Gasteiger partial charge in [0.25, 0.3) is 10.2 Å². The lowest BCUT2D eigenvalue weighted by Gasteiger charge is -2.21. The fraction of sp³-hybridized carbons (Fsp3) is 0.679. The number of aryl methyl sites for hydroxylation is 1. The van der Waals surface area contributed by atoms with Crippen LogP contribution in [0.15, 0.2) is 42.5 Å². The Hall–Kier alpha value is -3.17. The van der Waals surface area contributed by atoms with Crippen molar-refractivity contribution in [2.45, 2.75) is 103 Å². The molecule has 1 saturated carbocycles. The van der Waals surface area contributed by atoms with Crippen molar-refractivity contribution in [3.05, 3.63) is 68.3 Å². The number of hydrogen-bond acceptors (Lipinski definition) is 7. The maximum Gasteiger partial charge on any atom is 0.294 e. The number of allylic oxidation sites excluding steroid dienone is 2. The number of hydrogen-bond donors (Lipinski definition) is 1. The van der Waals surface area contributed by atoms with E-state index in [9.17, 15) is 25.0 Å². The first-order valence-electron chi connectivity index (χ1n) is 13.8. The molecule has 1 aliphatic carbocycles. The molecule has 0 unspecified atom stereocenters. The lowest BCUT2D eigenvalue weighted by atomic mass is 9.85. The molecule has 10 heteroatoms. The van der Waals surface area contributed by atoms with E-state index in [1.807, 2.05) is 0 Å². The third-order valence-electron chi connectivity index (χ3n) is 6.17. The van der Waals surface area contributed by atoms with E-state index in [-0.39, 0.29) is 6.41 Å². The Bertz CT molecular complexity index is 723. The number of carbonyl (C=O) groups excluding carboxylic acids is 1. The zero-order chi connectivity index (χ0) is 28.3. The monoisotopic (exact) mass is 537 g/mol. The van der Waals surface area contributed by atoms with Crippen LogP contribution in [0.4, 0.5) is 0 Å². The Morgan fingerprint density at radius 3 is 2.13 bits per heavy atom. The van der Waals surface area contributed by atoms with Crippen LogP contribution in [0.3, 0.4) is 0 Å². The summed E-state index contributed by atoms with van der Waals surface area (Å²) in [7, 11) is 0. The Kier molecular flexibility index (Phi) is 23.4. The highest BCUT2D eigenvalue weighted by atomic mass is 17.0. The van der Waals surface area contributed by atoms with Crippen LogP contribution in [-0.2, 0) is 20.9 Å². The number of rotatable bonds is 17. The summed E-state index contributed by atoms with van der Waals surface area (Å²) in [6.45, 7) is 3.25. The van der Waals surface area contributed by atoms with Crippen molar-refractivity contribution in [3.63, 3.8) is 0 Å². The molecule has 0 atom stereocenters. The predicted octanol–water partition coefficient (Wildman–Crippen LogP) is 6.64. The standard InChI is InChI=1S/C17H26.C7H14.C4H7N3O7/c1-4-10-16(11-5-1)14-8-3-9-15-17-12-6-2-7-13-17;1-3-5-7-6-4-2;8-3-5-4(1-13-6(9)10)2-14-7(11)12/h1,4-5,10-11,17H,2-3,6-9,12-15H2;3,5H,4,6-7H2,1-2H3;3-4H,1-2H2,(H,5,8)/b;5-3-;. The zero-order valence-electron chi connectivity index (χ0n) is 23.1. The van der Waals surface area contributed by atoms with Gasteiger partial charge < -0.3 is 15.0 Å². The van der Waals surface area contributed by atoms with Crippen LogP contribution >= 0.6 is 0 Å². The minimum absolute atomic E-state index is 0.233. The summed E-state index contributed by atoms with van der Waals surface area (Å²) in [6.07, 6.45) is 23.0. The molecule has 1 aliphatic rings. The average Bonchev–Trinajstić information content (AvgIpc) is 2.92. The highest BCUT2D eigenvalue weighted by Gasteiger charge is 2.13. The average molecular weight is 538 g/mol. The summed E-state index contributed by atoms with van der Waals surface area (Å²) >= 11 is 0. The largest absolute Gasteiger partial charge is 0.352 e. The quantitative estimate of drug-likeness (QED) is 0.0774. The summed E-state index contributed by atoms with van der Waals surface area (Å²) in [6, 6.07) is 9.96. The van der Waals surface area contributed by atoms with Gasteiger partial charge in [-0.2, -0.15) is 0 Å². The fourth-order valence-electron chi connectivity index (χ4n) is 4.09. The van der Waals surface area contributed by atoms with Crippen LogP contribution in [0.1, 0.15) is 96.5 Å². The first kappa shape index (κ1) is 34.8. The summed E-state index contributed by atoms with van der Waals surface area (Å²) in [5.41, 5.74) is 1.50. The Labute approximate surface area is 227 Å². The first-order chi connectivity index (χ1) is 18.4. The van der Waals surface area contributed by atoms with E-state index in [4.69, 9.17) is 0 Å². The van der Waals surface area contributed by atoms with Crippen LogP contribution in [0.2, 0.25) is 0 Å². The van der Waals surface area contributed by atoms with Crippen molar-refractivity contribution in [3.8, 4) is 0 Å². The van der Waals surface area contributed by atoms with Gasteiger partial charge in [0.15, 0.2) is 0 Å². The molecule has 1 fully saturated rings. The molecule has 216 valence electrons. The molecule has 10 nitrogen and oxygen atoms in total. The molecule has 0 spiro atoms. The summed E-state index contributed by atoms with van der Waals surface area (Å²) in [5, 5.41) is 19.4. The maximum atomic E-state index is 9.94. The molecule has 0 radical (unpaired) electrons. The van der Waals surface area contributed by atoms with E-state index in [2.05, 4.69) is 71.3 Å². The van der Waals surface area contributed by atoms with Crippen LogP contribution in [0.25, 0.3) is 0 Å². The highest BCUT2D eigenvalue weighted by Crippen LogP contribution is 2.28. The summed E-state index contributed by atoms with van der Waals surface area (Å²) < 4.78 is 0. The SMILES string of the molecule is C/C=C\CCCC.O=CNC(CO[N+](=O)[O-])CO[N+](=O)[O-].c1ccc(CCCCCC2CCCCC2)cc1. The Balaban J connectivity index is 0.000000589. The molecule has 2 rings (SSSR count). The van der Waals surface area contributed by atoms with Crippen molar-refractivity contribution in [1.82, 2.24) is 5.32 Å². The lowest BCUT2D eigenvalue weighted by Crippen LogP contribution is -2.38. The Morgan fingerprint density at radius 1 is 0.974 bits per heavy atom. The van der Waals surface area contributed by atoms with Gasteiger partial charge >= 0.3 is 0 Å². The molecular formula is C28H47N3O7. The third-order valence-corrected chi connectivity index (χ3v) is 6.17. The molecule has 0 heterocycles. The highest BCUT2D eigenvalue weighted by molar-refractivity contribution is 5.46. The molecule has 0 aromatic heterocycles. The van der Waals surface area contributed by atoms with Crippen molar-refractivity contribution < 1.29 is 24.6 Å². The van der Waals surface area contributed by atoms with Gasteiger partial charge in [0.05, 0.1) is 6.04 Å². The van der Waals surface area contributed by atoms with E-state index in [0.717, 1.165) is 5.92 Å². The zero-order valence-corrected chi connectivity index (χ0v) is 23.1. The van der Waals surface area contributed by atoms with Gasteiger partial charge in [-0.05, 0) is 37.7 Å². The van der Waals surface area contributed by atoms with Crippen molar-refractivity contribution in [2.75, 3.05) is 13.2 Å². The van der Waals surface area contributed by atoms with Gasteiger partial charge in [-0.15, -0.1) is 20.2 Å². The number of carbonyl (C=O) groups is 1. The van der Waals surface area contributed by atoms with Gasteiger partial charge in [-0.1, -0.05) is 114 Å². The molecule has 0 aliphatic heterocycles. The minimum Gasteiger partial charge on any atom is -0.352 e. The summed E-state index contributed by atoms with van der Waals surface area (Å²) in [5.74, 6) is 1.07.